The fourth-order valence-corrected chi connectivity index (χ4v) is 2.80. The van der Waals surface area contributed by atoms with Gasteiger partial charge in [-0.15, -0.1) is 0 Å². The van der Waals surface area contributed by atoms with E-state index in [1.165, 1.54) is 0 Å². The number of carbonyl (C=O) groups is 1. The van der Waals surface area contributed by atoms with Crippen LogP contribution in [0.2, 0.25) is 0 Å². The molecule has 1 aliphatic heterocycles. The zero-order chi connectivity index (χ0) is 15.4. The summed E-state index contributed by atoms with van der Waals surface area (Å²) in [5, 5.41) is 0. The van der Waals surface area contributed by atoms with Crippen LogP contribution in [0.25, 0.3) is 11.1 Å². The number of hydrogen-bond donors (Lipinski definition) is 0. The molecular formula is C19H22N2O. The molecule has 3 heteroatoms. The van der Waals surface area contributed by atoms with Crippen molar-refractivity contribution in [3.05, 3.63) is 60.2 Å². The van der Waals surface area contributed by atoms with Gasteiger partial charge >= 0.3 is 0 Å². The third kappa shape index (κ3) is 3.62. The summed E-state index contributed by atoms with van der Waals surface area (Å²) in [5.41, 5.74) is 3.06. The maximum Gasteiger partial charge on any atom is 0.176 e. The molecule has 0 unspecified atom stereocenters. The van der Waals surface area contributed by atoms with E-state index in [1.54, 1.807) is 0 Å². The van der Waals surface area contributed by atoms with Crippen molar-refractivity contribution < 1.29 is 4.79 Å². The molecular weight excluding hydrogens is 272 g/mol. The minimum absolute atomic E-state index is 0.210. The lowest BCUT2D eigenvalue weighted by Crippen LogP contribution is -2.46. The first kappa shape index (κ1) is 14.9. The summed E-state index contributed by atoms with van der Waals surface area (Å²) in [6, 6.07) is 18.2. The summed E-state index contributed by atoms with van der Waals surface area (Å²) in [6.45, 7) is 4.54. The van der Waals surface area contributed by atoms with Gasteiger partial charge in [0.25, 0.3) is 0 Å². The maximum atomic E-state index is 12.5. The largest absolute Gasteiger partial charge is 0.304 e. The van der Waals surface area contributed by atoms with E-state index in [1.807, 2.05) is 36.4 Å². The lowest BCUT2D eigenvalue weighted by Gasteiger charge is -2.31. The van der Waals surface area contributed by atoms with Gasteiger partial charge in [0.2, 0.25) is 0 Å². The van der Waals surface area contributed by atoms with Crippen LogP contribution in [0.3, 0.4) is 0 Å². The van der Waals surface area contributed by atoms with Crippen molar-refractivity contribution in [3.63, 3.8) is 0 Å². The van der Waals surface area contributed by atoms with Gasteiger partial charge in [0.1, 0.15) is 0 Å². The molecule has 0 aromatic heterocycles. The summed E-state index contributed by atoms with van der Waals surface area (Å²) >= 11 is 0. The van der Waals surface area contributed by atoms with Crippen molar-refractivity contribution in [3.8, 4) is 11.1 Å². The van der Waals surface area contributed by atoms with Crippen molar-refractivity contribution in [1.82, 2.24) is 9.80 Å². The van der Waals surface area contributed by atoms with Gasteiger partial charge in [0.05, 0.1) is 6.54 Å². The second-order valence-corrected chi connectivity index (χ2v) is 5.95. The van der Waals surface area contributed by atoms with Gasteiger partial charge in [0, 0.05) is 31.7 Å². The van der Waals surface area contributed by atoms with E-state index in [4.69, 9.17) is 0 Å². The monoisotopic (exact) mass is 294 g/mol. The van der Waals surface area contributed by atoms with E-state index in [9.17, 15) is 4.79 Å². The number of likely N-dealkylation sites (N-methyl/N-ethyl adjacent to an activating group) is 1. The average molecular weight is 294 g/mol. The molecule has 0 spiro atoms. The molecule has 0 bridgehead atoms. The zero-order valence-corrected chi connectivity index (χ0v) is 13.0. The van der Waals surface area contributed by atoms with E-state index in [0.717, 1.165) is 42.9 Å². The molecule has 3 nitrogen and oxygen atoms in total. The van der Waals surface area contributed by atoms with Crippen LogP contribution in [-0.4, -0.2) is 55.4 Å². The predicted octanol–water partition coefficient (Wildman–Crippen LogP) is 2.78. The number of Topliss-reactive ketones (excluding diaryl/α,β-unsaturated/α-hetero) is 1. The smallest absolute Gasteiger partial charge is 0.176 e. The number of hydrogen-bond acceptors (Lipinski definition) is 3. The Morgan fingerprint density at radius 2 is 1.59 bits per heavy atom. The molecule has 0 aliphatic carbocycles. The second kappa shape index (κ2) is 6.86. The Hall–Kier alpha value is -1.97. The van der Waals surface area contributed by atoms with Crippen molar-refractivity contribution in [1.29, 1.82) is 0 Å². The molecule has 1 fully saturated rings. The van der Waals surface area contributed by atoms with Crippen molar-refractivity contribution in [2.24, 2.45) is 0 Å². The van der Waals surface area contributed by atoms with E-state index in [0.29, 0.717) is 6.54 Å². The van der Waals surface area contributed by atoms with Crippen molar-refractivity contribution >= 4 is 5.78 Å². The SMILES string of the molecule is CN1CCN(CC(=O)c2cccc(-c3ccccc3)c2)CC1. The normalized spacial score (nSPS) is 16.6. The molecule has 0 radical (unpaired) electrons. The molecule has 0 saturated carbocycles. The summed E-state index contributed by atoms with van der Waals surface area (Å²) < 4.78 is 0. The van der Waals surface area contributed by atoms with Crippen LogP contribution < -0.4 is 0 Å². The fourth-order valence-electron chi connectivity index (χ4n) is 2.80. The van der Waals surface area contributed by atoms with Gasteiger partial charge < -0.3 is 4.90 Å². The van der Waals surface area contributed by atoms with Crippen molar-refractivity contribution in [2.45, 2.75) is 0 Å². The molecule has 0 N–H and O–H groups in total. The number of carbonyl (C=O) groups excluding carboxylic acids is 1. The molecule has 3 rings (SSSR count). The highest BCUT2D eigenvalue weighted by molar-refractivity contribution is 5.98. The second-order valence-electron chi connectivity index (χ2n) is 5.95. The lowest BCUT2D eigenvalue weighted by atomic mass is 10.0. The average Bonchev–Trinajstić information content (AvgIpc) is 2.58. The van der Waals surface area contributed by atoms with Crippen molar-refractivity contribution in [2.75, 3.05) is 39.8 Å². The Bertz CT molecular complexity index is 631. The van der Waals surface area contributed by atoms with E-state index in [2.05, 4.69) is 35.0 Å². The molecule has 0 amide bonds. The first-order valence-corrected chi connectivity index (χ1v) is 7.82. The quantitative estimate of drug-likeness (QED) is 0.810. The highest BCUT2D eigenvalue weighted by atomic mass is 16.1. The van der Waals surface area contributed by atoms with Gasteiger partial charge in [0.15, 0.2) is 5.78 Å². The summed E-state index contributed by atoms with van der Waals surface area (Å²) in [4.78, 5) is 17.1. The van der Waals surface area contributed by atoms with Gasteiger partial charge in [-0.05, 0) is 24.2 Å². The molecule has 114 valence electrons. The van der Waals surface area contributed by atoms with Crippen LogP contribution >= 0.6 is 0 Å². The molecule has 0 atom stereocenters. The minimum Gasteiger partial charge on any atom is -0.304 e. The highest BCUT2D eigenvalue weighted by Crippen LogP contribution is 2.20. The Kier molecular flexibility index (Phi) is 4.66. The Labute approximate surface area is 132 Å². The van der Waals surface area contributed by atoms with E-state index in [-0.39, 0.29) is 5.78 Å². The standard InChI is InChI=1S/C19H22N2O/c1-20-10-12-21(13-11-20)15-19(22)18-9-5-8-17(14-18)16-6-3-2-4-7-16/h2-9,14H,10-13,15H2,1H3. The van der Waals surface area contributed by atoms with E-state index < -0.39 is 0 Å². The molecule has 1 aliphatic rings. The molecule has 1 heterocycles. The highest BCUT2D eigenvalue weighted by Gasteiger charge is 2.17. The van der Waals surface area contributed by atoms with Gasteiger partial charge in [-0.3, -0.25) is 9.69 Å². The third-order valence-corrected chi connectivity index (χ3v) is 4.25. The Balaban J connectivity index is 1.71. The van der Waals surface area contributed by atoms with Crippen LogP contribution in [-0.2, 0) is 0 Å². The van der Waals surface area contributed by atoms with Crippen LogP contribution in [0, 0.1) is 0 Å². The summed E-state index contributed by atoms with van der Waals surface area (Å²) in [6.07, 6.45) is 0. The molecule has 2 aromatic carbocycles. The lowest BCUT2D eigenvalue weighted by molar-refractivity contribution is 0.0876. The number of benzene rings is 2. The summed E-state index contributed by atoms with van der Waals surface area (Å²) in [7, 11) is 2.13. The fraction of sp³-hybridized carbons (Fsp3) is 0.316. The molecule has 22 heavy (non-hydrogen) atoms. The zero-order valence-electron chi connectivity index (χ0n) is 13.0. The summed E-state index contributed by atoms with van der Waals surface area (Å²) in [5.74, 6) is 0.210. The number of piperazine rings is 1. The van der Waals surface area contributed by atoms with Crippen LogP contribution in [0.4, 0.5) is 0 Å². The Morgan fingerprint density at radius 1 is 0.909 bits per heavy atom. The van der Waals surface area contributed by atoms with Crippen LogP contribution in [0.15, 0.2) is 54.6 Å². The first-order valence-electron chi connectivity index (χ1n) is 7.82. The minimum atomic E-state index is 0.210. The number of rotatable bonds is 4. The molecule has 2 aromatic rings. The van der Waals surface area contributed by atoms with Gasteiger partial charge in [-0.1, -0.05) is 48.5 Å². The van der Waals surface area contributed by atoms with E-state index >= 15 is 0 Å². The van der Waals surface area contributed by atoms with Gasteiger partial charge in [-0.25, -0.2) is 0 Å². The van der Waals surface area contributed by atoms with Gasteiger partial charge in [-0.2, -0.15) is 0 Å². The third-order valence-electron chi connectivity index (χ3n) is 4.25. The number of nitrogens with zero attached hydrogens (tertiary/aromatic N) is 2. The Morgan fingerprint density at radius 3 is 2.32 bits per heavy atom. The topological polar surface area (TPSA) is 23.6 Å². The number of ketones is 1. The van der Waals surface area contributed by atoms with Crippen LogP contribution in [0.5, 0.6) is 0 Å². The van der Waals surface area contributed by atoms with Crippen LogP contribution in [0.1, 0.15) is 10.4 Å². The predicted molar refractivity (Wildman–Crippen MR) is 90.1 cm³/mol. The first-order chi connectivity index (χ1) is 10.7. The maximum absolute atomic E-state index is 12.5. The molecule has 1 saturated heterocycles.